The monoisotopic (exact) mass is 397 g/mol. The molecule has 11 heteroatoms. The summed E-state index contributed by atoms with van der Waals surface area (Å²) in [5.41, 5.74) is 4.26. The molecule has 0 bridgehead atoms. The van der Waals surface area contributed by atoms with Gasteiger partial charge in [0.2, 0.25) is 5.91 Å². The van der Waals surface area contributed by atoms with Crippen LogP contribution in [0.3, 0.4) is 0 Å². The highest BCUT2D eigenvalue weighted by Crippen LogP contribution is 2.65. The minimum Gasteiger partial charge on any atom is -0.481 e. The summed E-state index contributed by atoms with van der Waals surface area (Å²) >= 11 is 1.26. The second-order valence-corrected chi connectivity index (χ2v) is 8.85. The summed E-state index contributed by atoms with van der Waals surface area (Å²) in [4.78, 5) is 40.3. The number of hydrogen-bond acceptors (Lipinski definition) is 7. The summed E-state index contributed by atoms with van der Waals surface area (Å²) < 4.78 is 0. The van der Waals surface area contributed by atoms with E-state index in [0.717, 1.165) is 0 Å². The number of aliphatic carboxylic acids is 2. The molecule has 6 N–H and O–H groups in total. The van der Waals surface area contributed by atoms with Crippen LogP contribution in [0.5, 0.6) is 0 Å². The fraction of sp³-hybridized carbons (Fsp3) is 0.688. The van der Waals surface area contributed by atoms with Gasteiger partial charge in [0.1, 0.15) is 11.9 Å². The first-order valence-electron chi connectivity index (χ1n) is 8.73. The van der Waals surface area contributed by atoms with Gasteiger partial charge in [-0.15, -0.1) is 0 Å². The number of rotatable bonds is 8. The Morgan fingerprint density at radius 3 is 2.67 bits per heavy atom. The lowest BCUT2D eigenvalue weighted by Crippen LogP contribution is -2.60. The molecule has 0 spiro atoms. The van der Waals surface area contributed by atoms with E-state index in [1.165, 1.54) is 18.1 Å². The predicted octanol–water partition coefficient (Wildman–Crippen LogP) is -0.0711. The van der Waals surface area contributed by atoms with E-state index < -0.39 is 41.3 Å². The normalized spacial score (nSPS) is 32.7. The molecule has 1 heterocycles. The smallest absolute Gasteiger partial charge is 0.329 e. The largest absolute Gasteiger partial charge is 0.481 e. The van der Waals surface area contributed by atoms with Crippen molar-refractivity contribution in [2.75, 3.05) is 0 Å². The van der Waals surface area contributed by atoms with Crippen molar-refractivity contribution in [3.05, 3.63) is 6.33 Å². The Hall–Kier alpha value is -2.14. The maximum absolute atomic E-state index is 12.5. The molecule has 2 aliphatic carbocycles. The Morgan fingerprint density at radius 1 is 1.44 bits per heavy atom. The summed E-state index contributed by atoms with van der Waals surface area (Å²) in [6, 6.07) is -0.845. The topological polar surface area (TPSA) is 171 Å². The van der Waals surface area contributed by atoms with Gasteiger partial charge in [0.05, 0.1) is 12.0 Å². The third kappa shape index (κ3) is 3.53. The van der Waals surface area contributed by atoms with Gasteiger partial charge in [-0.3, -0.25) is 14.7 Å². The molecule has 2 aliphatic rings. The number of carbonyl (C=O) groups is 3. The quantitative estimate of drug-likeness (QED) is 0.402. The SMILES string of the molecule is CC(C)C[C@H](N)C(=O)N[C@@]1(C(=O)O)C[C@@H](Sc2ncn[nH]2)[C@H]2[C@H](C(=O)O)[C@H]21. The zero-order valence-corrected chi connectivity index (χ0v) is 15.8. The first kappa shape index (κ1) is 19.6. The van der Waals surface area contributed by atoms with Crippen LogP contribution < -0.4 is 11.1 Å². The van der Waals surface area contributed by atoms with Crippen LogP contribution in [-0.2, 0) is 14.4 Å². The molecule has 3 rings (SSSR count). The Labute approximate surface area is 159 Å². The number of carboxylic acid groups (broad SMARTS) is 2. The van der Waals surface area contributed by atoms with Gasteiger partial charge in [0.25, 0.3) is 0 Å². The molecule has 148 valence electrons. The second kappa shape index (κ2) is 7.12. The van der Waals surface area contributed by atoms with Crippen LogP contribution in [0.25, 0.3) is 0 Å². The molecule has 6 atom stereocenters. The van der Waals surface area contributed by atoms with Crippen LogP contribution in [0.4, 0.5) is 0 Å². The molecule has 0 aliphatic heterocycles. The average molecular weight is 397 g/mol. The lowest BCUT2D eigenvalue weighted by molar-refractivity contribution is -0.150. The molecule has 1 aromatic rings. The van der Waals surface area contributed by atoms with E-state index in [4.69, 9.17) is 5.73 Å². The Kier molecular flexibility index (Phi) is 5.17. The maximum atomic E-state index is 12.5. The standard InChI is InChI=1S/C16H23N5O5S/c1-6(2)3-7(17)12(22)20-16(14(25)26)4-8(27-15-18-5-19-21-15)9-10(11(9)16)13(23)24/h5-11H,3-4,17H2,1-2H3,(H,20,22)(H,23,24)(H,25,26)(H,18,19,21)/t7-,8+,9-,10-,11-,16-/m0/s1. The van der Waals surface area contributed by atoms with Crippen molar-refractivity contribution < 1.29 is 24.6 Å². The molecule has 0 aromatic carbocycles. The van der Waals surface area contributed by atoms with E-state index in [1.54, 1.807) is 0 Å². The lowest BCUT2D eigenvalue weighted by Gasteiger charge is -2.31. The molecule has 0 saturated heterocycles. The van der Waals surface area contributed by atoms with Crippen molar-refractivity contribution >= 4 is 29.6 Å². The lowest BCUT2D eigenvalue weighted by atomic mass is 9.89. The predicted molar refractivity (Wildman–Crippen MR) is 94.7 cm³/mol. The van der Waals surface area contributed by atoms with Crippen molar-refractivity contribution in [3.8, 4) is 0 Å². The van der Waals surface area contributed by atoms with E-state index in [2.05, 4.69) is 20.5 Å². The molecular weight excluding hydrogens is 374 g/mol. The molecular formula is C16H23N5O5S. The molecule has 2 fully saturated rings. The highest BCUT2D eigenvalue weighted by molar-refractivity contribution is 7.99. The highest BCUT2D eigenvalue weighted by Gasteiger charge is 2.75. The van der Waals surface area contributed by atoms with E-state index in [1.807, 2.05) is 13.8 Å². The van der Waals surface area contributed by atoms with E-state index in [9.17, 15) is 24.6 Å². The zero-order valence-electron chi connectivity index (χ0n) is 15.0. The van der Waals surface area contributed by atoms with E-state index >= 15 is 0 Å². The van der Waals surface area contributed by atoms with Crippen molar-refractivity contribution in [2.24, 2.45) is 29.4 Å². The van der Waals surface area contributed by atoms with Gasteiger partial charge in [-0.05, 0) is 24.7 Å². The number of carboxylic acids is 2. The number of nitrogens with one attached hydrogen (secondary N) is 2. The third-order valence-corrected chi connectivity index (χ3v) is 6.53. The number of nitrogens with zero attached hydrogens (tertiary/aromatic N) is 2. The number of H-pyrrole nitrogens is 1. The molecule has 10 nitrogen and oxygen atoms in total. The Bertz CT molecular complexity index is 742. The fourth-order valence-electron chi connectivity index (χ4n) is 4.20. The van der Waals surface area contributed by atoms with Crippen LogP contribution in [0.2, 0.25) is 0 Å². The number of thioether (sulfide) groups is 1. The number of hydrogen-bond donors (Lipinski definition) is 5. The number of aromatic nitrogens is 3. The highest BCUT2D eigenvalue weighted by atomic mass is 32.2. The molecule has 27 heavy (non-hydrogen) atoms. The minimum atomic E-state index is -1.64. The number of aromatic amines is 1. The summed E-state index contributed by atoms with van der Waals surface area (Å²) in [5, 5.41) is 28.6. The molecule has 1 aromatic heterocycles. The maximum Gasteiger partial charge on any atom is 0.329 e. The second-order valence-electron chi connectivity index (χ2n) is 7.62. The first-order chi connectivity index (χ1) is 12.7. The van der Waals surface area contributed by atoms with Gasteiger partial charge < -0.3 is 21.3 Å². The summed E-state index contributed by atoms with van der Waals surface area (Å²) in [6.45, 7) is 3.83. The van der Waals surface area contributed by atoms with E-state index in [-0.39, 0.29) is 23.5 Å². The van der Waals surface area contributed by atoms with Crippen LogP contribution in [0.1, 0.15) is 26.7 Å². The molecule has 0 radical (unpaired) electrons. The van der Waals surface area contributed by atoms with E-state index in [0.29, 0.717) is 11.6 Å². The van der Waals surface area contributed by atoms with Gasteiger partial charge in [0, 0.05) is 11.2 Å². The Morgan fingerprint density at radius 2 is 2.15 bits per heavy atom. The first-order valence-corrected chi connectivity index (χ1v) is 9.61. The van der Waals surface area contributed by atoms with Crippen LogP contribution in [0.15, 0.2) is 11.5 Å². The number of carbonyl (C=O) groups excluding carboxylic acids is 1. The van der Waals surface area contributed by atoms with Gasteiger partial charge in [-0.25, -0.2) is 9.78 Å². The summed E-state index contributed by atoms with van der Waals surface area (Å²) in [6.07, 6.45) is 1.84. The molecule has 2 saturated carbocycles. The third-order valence-electron chi connectivity index (χ3n) is 5.33. The number of fused-ring (bicyclic) bond motifs is 1. The van der Waals surface area contributed by atoms with Crippen molar-refractivity contribution in [1.29, 1.82) is 0 Å². The number of nitrogens with two attached hydrogens (primary N) is 1. The zero-order chi connectivity index (χ0) is 19.9. The fourth-order valence-corrected chi connectivity index (χ4v) is 5.54. The van der Waals surface area contributed by atoms with Crippen LogP contribution >= 0.6 is 11.8 Å². The Balaban J connectivity index is 1.84. The van der Waals surface area contributed by atoms with Gasteiger partial charge >= 0.3 is 11.9 Å². The van der Waals surface area contributed by atoms with Crippen LogP contribution in [-0.4, -0.2) is 60.1 Å². The van der Waals surface area contributed by atoms with Crippen LogP contribution in [0, 0.1) is 23.7 Å². The summed E-state index contributed by atoms with van der Waals surface area (Å²) in [5.74, 6) is -4.54. The molecule has 0 unspecified atom stereocenters. The van der Waals surface area contributed by atoms with Gasteiger partial charge in [0.15, 0.2) is 5.16 Å². The average Bonchev–Trinajstić information content (AvgIpc) is 2.97. The van der Waals surface area contributed by atoms with Gasteiger partial charge in [-0.2, -0.15) is 5.10 Å². The summed E-state index contributed by atoms with van der Waals surface area (Å²) in [7, 11) is 0. The van der Waals surface area contributed by atoms with Gasteiger partial charge in [-0.1, -0.05) is 25.6 Å². The molecule has 1 amide bonds. The van der Waals surface area contributed by atoms with Crippen molar-refractivity contribution in [2.45, 2.75) is 48.7 Å². The van der Waals surface area contributed by atoms with Crippen molar-refractivity contribution in [1.82, 2.24) is 20.5 Å². The van der Waals surface area contributed by atoms with Crippen molar-refractivity contribution in [3.63, 3.8) is 0 Å². The minimum absolute atomic E-state index is 0.104. The number of amides is 1.